The number of likely N-dealkylation sites (N-methyl/N-ethyl adjacent to an activating group) is 1. The van der Waals surface area contributed by atoms with Crippen molar-refractivity contribution in [3.8, 4) is 5.69 Å². The first-order chi connectivity index (χ1) is 12.2. The van der Waals surface area contributed by atoms with Crippen LogP contribution in [0.2, 0.25) is 5.02 Å². The van der Waals surface area contributed by atoms with Gasteiger partial charge < -0.3 is 9.80 Å². The zero-order valence-corrected chi connectivity index (χ0v) is 15.2. The van der Waals surface area contributed by atoms with Crippen molar-refractivity contribution in [2.45, 2.75) is 13.8 Å². The third kappa shape index (κ3) is 2.96. The summed E-state index contributed by atoms with van der Waals surface area (Å²) >= 11 is 6.28. The number of halogens is 1. The SMILES string of the molecule is CCN1CCN(c2ncnc3c2cnn3-c2ccc(C)c(Cl)c2)CC1. The van der Waals surface area contributed by atoms with Crippen LogP contribution >= 0.6 is 11.6 Å². The van der Waals surface area contributed by atoms with Crippen LogP contribution < -0.4 is 4.90 Å². The molecule has 3 heterocycles. The van der Waals surface area contributed by atoms with E-state index < -0.39 is 0 Å². The number of hydrogen-bond donors (Lipinski definition) is 0. The summed E-state index contributed by atoms with van der Waals surface area (Å²) < 4.78 is 1.83. The monoisotopic (exact) mass is 356 g/mol. The van der Waals surface area contributed by atoms with Crippen molar-refractivity contribution in [3.05, 3.63) is 41.3 Å². The number of rotatable bonds is 3. The number of hydrogen-bond acceptors (Lipinski definition) is 5. The molecule has 130 valence electrons. The summed E-state index contributed by atoms with van der Waals surface area (Å²) in [5.41, 5.74) is 2.76. The van der Waals surface area contributed by atoms with Crippen molar-refractivity contribution >= 4 is 28.5 Å². The van der Waals surface area contributed by atoms with E-state index in [1.807, 2.05) is 36.0 Å². The average Bonchev–Trinajstić information content (AvgIpc) is 3.08. The highest BCUT2D eigenvalue weighted by Gasteiger charge is 2.20. The molecule has 1 aliphatic rings. The van der Waals surface area contributed by atoms with E-state index in [4.69, 9.17) is 11.6 Å². The molecule has 3 aromatic rings. The quantitative estimate of drug-likeness (QED) is 0.722. The molecule has 0 radical (unpaired) electrons. The summed E-state index contributed by atoms with van der Waals surface area (Å²) in [6, 6.07) is 5.93. The lowest BCUT2D eigenvalue weighted by Crippen LogP contribution is -2.46. The smallest absolute Gasteiger partial charge is 0.168 e. The Morgan fingerprint density at radius 1 is 1.12 bits per heavy atom. The molecular weight excluding hydrogens is 336 g/mol. The van der Waals surface area contributed by atoms with Gasteiger partial charge in [-0.15, -0.1) is 0 Å². The molecule has 6 nitrogen and oxygen atoms in total. The molecule has 0 aliphatic carbocycles. The second-order valence-electron chi connectivity index (χ2n) is 6.35. The van der Waals surface area contributed by atoms with Crippen LogP contribution in [0, 0.1) is 6.92 Å². The maximum Gasteiger partial charge on any atom is 0.168 e. The highest BCUT2D eigenvalue weighted by molar-refractivity contribution is 6.31. The Balaban J connectivity index is 1.72. The number of piperazine rings is 1. The molecule has 2 aromatic heterocycles. The number of fused-ring (bicyclic) bond motifs is 1. The molecule has 0 bridgehead atoms. The molecule has 4 rings (SSSR count). The normalized spacial score (nSPS) is 15.9. The predicted octanol–water partition coefficient (Wildman–Crippen LogP) is 2.92. The Bertz CT molecular complexity index is 898. The Kier molecular flexibility index (Phi) is 4.31. The third-order valence-electron chi connectivity index (χ3n) is 4.86. The van der Waals surface area contributed by atoms with Gasteiger partial charge in [0.1, 0.15) is 12.1 Å². The molecule has 25 heavy (non-hydrogen) atoms. The summed E-state index contributed by atoms with van der Waals surface area (Å²) in [6.45, 7) is 9.36. The van der Waals surface area contributed by atoms with Crippen LogP contribution in [0.15, 0.2) is 30.7 Å². The first kappa shape index (κ1) is 16.3. The molecule has 0 spiro atoms. The van der Waals surface area contributed by atoms with Gasteiger partial charge in [-0.05, 0) is 31.2 Å². The third-order valence-corrected chi connectivity index (χ3v) is 5.27. The number of benzene rings is 1. The molecule has 0 atom stereocenters. The Labute approximate surface area is 152 Å². The minimum absolute atomic E-state index is 0.728. The second kappa shape index (κ2) is 6.61. The lowest BCUT2D eigenvalue weighted by molar-refractivity contribution is 0.271. The molecule has 7 heteroatoms. The van der Waals surface area contributed by atoms with Crippen molar-refractivity contribution in [1.82, 2.24) is 24.6 Å². The van der Waals surface area contributed by atoms with E-state index in [-0.39, 0.29) is 0 Å². The highest BCUT2D eigenvalue weighted by atomic mass is 35.5. The van der Waals surface area contributed by atoms with Crippen LogP contribution in [-0.4, -0.2) is 57.4 Å². The topological polar surface area (TPSA) is 50.1 Å². The molecule has 1 saturated heterocycles. The van der Waals surface area contributed by atoms with Gasteiger partial charge >= 0.3 is 0 Å². The van der Waals surface area contributed by atoms with Crippen molar-refractivity contribution in [3.63, 3.8) is 0 Å². The number of nitrogens with zero attached hydrogens (tertiary/aromatic N) is 6. The molecule has 1 aliphatic heterocycles. The lowest BCUT2D eigenvalue weighted by Gasteiger charge is -2.34. The van der Waals surface area contributed by atoms with E-state index in [1.54, 1.807) is 6.33 Å². The maximum absolute atomic E-state index is 6.28. The van der Waals surface area contributed by atoms with Crippen LogP contribution in [0.3, 0.4) is 0 Å². The summed E-state index contributed by atoms with van der Waals surface area (Å²) in [4.78, 5) is 13.8. The summed E-state index contributed by atoms with van der Waals surface area (Å²) in [6.07, 6.45) is 3.47. The van der Waals surface area contributed by atoms with Crippen LogP contribution in [0.4, 0.5) is 5.82 Å². The predicted molar refractivity (Wildman–Crippen MR) is 101 cm³/mol. The van der Waals surface area contributed by atoms with E-state index in [1.165, 1.54) is 0 Å². The molecular formula is C18H21ClN6. The molecule has 0 saturated carbocycles. The summed E-state index contributed by atoms with van der Waals surface area (Å²) in [5.74, 6) is 0.963. The number of aromatic nitrogens is 4. The average molecular weight is 357 g/mol. The fourth-order valence-corrected chi connectivity index (χ4v) is 3.44. The Morgan fingerprint density at radius 2 is 1.92 bits per heavy atom. The van der Waals surface area contributed by atoms with E-state index >= 15 is 0 Å². The van der Waals surface area contributed by atoms with Gasteiger partial charge in [-0.3, -0.25) is 0 Å². The first-order valence-electron chi connectivity index (χ1n) is 8.60. The first-order valence-corrected chi connectivity index (χ1v) is 8.97. The van der Waals surface area contributed by atoms with Gasteiger partial charge in [0.05, 0.1) is 17.3 Å². The van der Waals surface area contributed by atoms with E-state index in [0.717, 1.165) is 65.8 Å². The maximum atomic E-state index is 6.28. The Hall–Kier alpha value is -2.18. The van der Waals surface area contributed by atoms with E-state index in [9.17, 15) is 0 Å². The van der Waals surface area contributed by atoms with Gasteiger partial charge in [0.25, 0.3) is 0 Å². The Morgan fingerprint density at radius 3 is 2.64 bits per heavy atom. The molecule has 0 amide bonds. The minimum atomic E-state index is 0.728. The van der Waals surface area contributed by atoms with Crippen molar-refractivity contribution in [2.24, 2.45) is 0 Å². The van der Waals surface area contributed by atoms with Gasteiger partial charge in [0.2, 0.25) is 0 Å². The molecule has 0 N–H and O–H groups in total. The highest BCUT2D eigenvalue weighted by Crippen LogP contribution is 2.27. The minimum Gasteiger partial charge on any atom is -0.353 e. The van der Waals surface area contributed by atoms with Crippen LogP contribution in [0.25, 0.3) is 16.7 Å². The molecule has 1 aromatic carbocycles. The van der Waals surface area contributed by atoms with Crippen molar-refractivity contribution in [1.29, 1.82) is 0 Å². The fourth-order valence-electron chi connectivity index (χ4n) is 3.26. The second-order valence-corrected chi connectivity index (χ2v) is 6.75. The van der Waals surface area contributed by atoms with Crippen LogP contribution in [0.5, 0.6) is 0 Å². The summed E-state index contributed by atoms with van der Waals surface area (Å²) in [7, 11) is 0. The lowest BCUT2D eigenvalue weighted by atomic mass is 10.2. The summed E-state index contributed by atoms with van der Waals surface area (Å²) in [5, 5.41) is 6.25. The largest absolute Gasteiger partial charge is 0.353 e. The van der Waals surface area contributed by atoms with Gasteiger partial charge in [-0.25, -0.2) is 14.6 Å². The standard InChI is InChI=1S/C18H21ClN6/c1-3-23-6-8-24(9-7-23)17-15-11-22-25(18(15)21-12-20-17)14-5-4-13(2)16(19)10-14/h4-5,10-12H,3,6-9H2,1-2H3. The fraction of sp³-hybridized carbons (Fsp3) is 0.389. The number of aryl methyl sites for hydroxylation is 1. The van der Waals surface area contributed by atoms with Crippen molar-refractivity contribution < 1.29 is 0 Å². The van der Waals surface area contributed by atoms with Gasteiger partial charge in [-0.2, -0.15) is 5.10 Å². The zero-order valence-electron chi connectivity index (χ0n) is 14.5. The van der Waals surface area contributed by atoms with Gasteiger partial charge in [0.15, 0.2) is 5.65 Å². The van der Waals surface area contributed by atoms with Gasteiger partial charge in [-0.1, -0.05) is 24.6 Å². The number of anilines is 1. The zero-order chi connectivity index (χ0) is 17.4. The van der Waals surface area contributed by atoms with Gasteiger partial charge in [0, 0.05) is 31.2 Å². The van der Waals surface area contributed by atoms with Crippen LogP contribution in [0.1, 0.15) is 12.5 Å². The molecule has 1 fully saturated rings. The van der Waals surface area contributed by atoms with Crippen molar-refractivity contribution in [2.75, 3.05) is 37.6 Å². The molecule has 0 unspecified atom stereocenters. The van der Waals surface area contributed by atoms with E-state index in [0.29, 0.717) is 0 Å². The van der Waals surface area contributed by atoms with E-state index in [2.05, 4.69) is 31.8 Å². The van der Waals surface area contributed by atoms with Crippen LogP contribution in [-0.2, 0) is 0 Å².